The molecule has 0 radical (unpaired) electrons. The largest absolute Gasteiger partial charge is 0.497 e. The molecule has 3 aromatic rings. The average molecular weight is 408 g/mol. The first-order valence-corrected chi connectivity index (χ1v) is 9.94. The molecule has 0 saturated heterocycles. The summed E-state index contributed by atoms with van der Waals surface area (Å²) in [6.07, 6.45) is 3.42. The molecule has 2 aromatic heterocycles. The zero-order valence-electron chi connectivity index (χ0n) is 14.4. The van der Waals surface area contributed by atoms with Crippen LogP contribution in [0.1, 0.15) is 5.01 Å². The number of ether oxygens (including phenoxy) is 1. The van der Waals surface area contributed by atoms with E-state index in [0.717, 1.165) is 16.9 Å². The molecule has 3 rings (SSSR count). The normalized spacial score (nSPS) is 11.3. The van der Waals surface area contributed by atoms with Crippen LogP contribution in [0.25, 0.3) is 11.1 Å². The first-order chi connectivity index (χ1) is 12.8. The fraction of sp³-hybridized carbons (Fsp3) is 0.188. The Labute approximate surface area is 159 Å². The van der Waals surface area contributed by atoms with Gasteiger partial charge in [0.15, 0.2) is 0 Å². The monoisotopic (exact) mass is 408 g/mol. The van der Waals surface area contributed by atoms with Crippen molar-refractivity contribution in [2.45, 2.75) is 15.6 Å². The number of benzene rings is 1. The third kappa shape index (κ3) is 4.09. The van der Waals surface area contributed by atoms with Crippen molar-refractivity contribution in [3.05, 3.63) is 41.8 Å². The van der Waals surface area contributed by atoms with Crippen molar-refractivity contribution in [1.82, 2.24) is 20.1 Å². The van der Waals surface area contributed by atoms with Crippen molar-refractivity contribution in [2.24, 2.45) is 7.05 Å². The highest BCUT2D eigenvalue weighted by Gasteiger charge is 2.23. The molecule has 0 fully saturated rings. The van der Waals surface area contributed by atoms with Gasteiger partial charge >= 0.3 is 6.09 Å². The van der Waals surface area contributed by atoms with Crippen LogP contribution in [0.3, 0.4) is 0 Å². The Morgan fingerprint density at radius 3 is 2.70 bits per heavy atom. The van der Waals surface area contributed by atoms with Crippen LogP contribution in [0.2, 0.25) is 0 Å². The van der Waals surface area contributed by atoms with Gasteiger partial charge in [-0.2, -0.15) is 5.10 Å². The summed E-state index contributed by atoms with van der Waals surface area (Å²) in [6.45, 7) is -0.0609. The number of carbonyl (C=O) groups is 1. The van der Waals surface area contributed by atoms with Crippen molar-refractivity contribution < 1.29 is 23.1 Å². The van der Waals surface area contributed by atoms with E-state index in [1.807, 2.05) is 0 Å². The zero-order chi connectivity index (χ0) is 19.6. The molecule has 1 amide bonds. The fourth-order valence-corrected chi connectivity index (χ4v) is 4.93. The van der Waals surface area contributed by atoms with E-state index >= 15 is 0 Å². The van der Waals surface area contributed by atoms with Gasteiger partial charge in [-0.1, -0.05) is 0 Å². The lowest BCUT2D eigenvalue weighted by Crippen LogP contribution is -2.19. The van der Waals surface area contributed by atoms with Crippen molar-refractivity contribution in [1.29, 1.82) is 0 Å². The number of thiazole rings is 1. The number of rotatable bonds is 6. The second-order valence-electron chi connectivity index (χ2n) is 5.54. The minimum Gasteiger partial charge on any atom is -0.497 e. The molecule has 0 saturated carbocycles. The Morgan fingerprint density at radius 1 is 1.30 bits per heavy atom. The lowest BCUT2D eigenvalue weighted by atomic mass is 10.1. The minimum atomic E-state index is -3.84. The number of aryl methyl sites for hydroxylation is 1. The topological polar surface area (TPSA) is 123 Å². The number of methoxy groups -OCH3 is 1. The van der Waals surface area contributed by atoms with E-state index in [1.165, 1.54) is 19.4 Å². The molecular weight excluding hydrogens is 392 g/mol. The predicted octanol–water partition coefficient (Wildman–Crippen LogP) is 2.15. The molecule has 27 heavy (non-hydrogen) atoms. The number of amides is 1. The summed E-state index contributed by atoms with van der Waals surface area (Å²) in [7, 11) is -0.611. The summed E-state index contributed by atoms with van der Waals surface area (Å²) < 4.78 is 32.9. The maximum atomic E-state index is 13.0. The van der Waals surface area contributed by atoms with Gasteiger partial charge < -0.3 is 15.2 Å². The Bertz CT molecular complexity index is 1090. The highest BCUT2D eigenvalue weighted by atomic mass is 32.2. The predicted molar refractivity (Wildman–Crippen MR) is 97.6 cm³/mol. The number of nitrogens with one attached hydrogen (secondary N) is 1. The van der Waals surface area contributed by atoms with Gasteiger partial charge in [0, 0.05) is 18.8 Å². The summed E-state index contributed by atoms with van der Waals surface area (Å²) in [4.78, 5) is 14.6. The maximum absolute atomic E-state index is 13.0. The van der Waals surface area contributed by atoms with Crippen LogP contribution in [-0.2, 0) is 23.4 Å². The Hall–Kier alpha value is -2.92. The number of aromatic nitrogens is 3. The molecule has 0 bridgehead atoms. The maximum Gasteiger partial charge on any atom is 0.405 e. The molecule has 11 heteroatoms. The van der Waals surface area contributed by atoms with E-state index in [9.17, 15) is 13.2 Å². The fourth-order valence-electron chi connectivity index (χ4n) is 2.35. The Morgan fingerprint density at radius 2 is 2.07 bits per heavy atom. The Kier molecular flexibility index (Phi) is 5.15. The Balaban J connectivity index is 2.00. The number of hydrogen-bond acceptors (Lipinski definition) is 7. The molecule has 0 unspecified atom stereocenters. The van der Waals surface area contributed by atoms with Crippen LogP contribution >= 0.6 is 11.3 Å². The van der Waals surface area contributed by atoms with E-state index in [4.69, 9.17) is 9.84 Å². The van der Waals surface area contributed by atoms with E-state index in [1.54, 1.807) is 36.3 Å². The highest BCUT2D eigenvalue weighted by molar-refractivity contribution is 7.93. The van der Waals surface area contributed by atoms with Gasteiger partial charge in [-0.15, -0.1) is 11.3 Å². The highest BCUT2D eigenvalue weighted by Crippen LogP contribution is 2.32. The molecular formula is C16H16N4O5S2. The van der Waals surface area contributed by atoms with Crippen LogP contribution in [0.5, 0.6) is 5.75 Å². The van der Waals surface area contributed by atoms with Crippen molar-refractivity contribution >= 4 is 27.3 Å². The molecule has 2 heterocycles. The first-order valence-electron chi connectivity index (χ1n) is 7.64. The number of carboxylic acid groups (broad SMARTS) is 1. The molecule has 0 spiro atoms. The van der Waals surface area contributed by atoms with Gasteiger partial charge in [-0.3, -0.25) is 4.68 Å². The van der Waals surface area contributed by atoms with Gasteiger partial charge in [0.05, 0.1) is 30.9 Å². The molecule has 142 valence electrons. The van der Waals surface area contributed by atoms with Crippen LogP contribution in [-0.4, -0.2) is 41.5 Å². The third-order valence-electron chi connectivity index (χ3n) is 3.65. The molecule has 2 N–H and O–H groups in total. The molecule has 0 atom stereocenters. The average Bonchev–Trinajstić information content (AvgIpc) is 3.29. The SMILES string of the molecule is COc1cc(-c2cnn(C)c2)cc(S(=O)(=O)c2cnc(CNC(=O)O)s2)c1. The van der Waals surface area contributed by atoms with E-state index in [0.29, 0.717) is 16.3 Å². The number of sulfone groups is 1. The second kappa shape index (κ2) is 7.37. The number of nitrogens with zero attached hydrogens (tertiary/aromatic N) is 3. The van der Waals surface area contributed by atoms with Gasteiger partial charge in [0.1, 0.15) is 15.0 Å². The van der Waals surface area contributed by atoms with Crippen LogP contribution in [0.4, 0.5) is 4.79 Å². The van der Waals surface area contributed by atoms with E-state index in [-0.39, 0.29) is 15.6 Å². The summed E-state index contributed by atoms with van der Waals surface area (Å²) in [5.41, 5.74) is 1.40. The molecule has 9 nitrogen and oxygen atoms in total. The minimum absolute atomic E-state index is 0.0232. The van der Waals surface area contributed by atoms with Crippen LogP contribution in [0.15, 0.2) is 45.9 Å². The lowest BCUT2D eigenvalue weighted by Gasteiger charge is -2.08. The summed E-state index contributed by atoms with van der Waals surface area (Å²) in [5.74, 6) is 0.396. The van der Waals surface area contributed by atoms with Crippen molar-refractivity contribution in [2.75, 3.05) is 7.11 Å². The zero-order valence-corrected chi connectivity index (χ0v) is 16.0. The van der Waals surface area contributed by atoms with Crippen molar-refractivity contribution in [3.8, 4) is 16.9 Å². The van der Waals surface area contributed by atoms with E-state index in [2.05, 4.69) is 15.4 Å². The smallest absolute Gasteiger partial charge is 0.405 e. The van der Waals surface area contributed by atoms with Gasteiger partial charge in [0.25, 0.3) is 0 Å². The molecule has 0 aliphatic rings. The van der Waals surface area contributed by atoms with Crippen LogP contribution in [0, 0.1) is 0 Å². The summed E-state index contributed by atoms with van der Waals surface area (Å²) >= 11 is 0.914. The van der Waals surface area contributed by atoms with Crippen LogP contribution < -0.4 is 10.1 Å². The van der Waals surface area contributed by atoms with Gasteiger partial charge in [-0.25, -0.2) is 18.2 Å². The third-order valence-corrected chi connectivity index (χ3v) is 6.84. The molecule has 1 aromatic carbocycles. The number of hydrogen-bond donors (Lipinski definition) is 2. The standard InChI is InChI=1S/C16H16N4O5S2/c1-20-9-11(6-19-20)10-3-12(25-2)5-13(4-10)27(23,24)15-8-17-14(26-15)7-18-16(21)22/h3-6,8-9,18H,7H2,1-2H3,(H,21,22). The van der Waals surface area contributed by atoms with Crippen molar-refractivity contribution in [3.63, 3.8) is 0 Å². The molecule has 0 aliphatic carbocycles. The summed E-state index contributed by atoms with van der Waals surface area (Å²) in [6, 6.07) is 4.71. The first kappa shape index (κ1) is 18.9. The quantitative estimate of drug-likeness (QED) is 0.640. The summed E-state index contributed by atoms with van der Waals surface area (Å²) in [5, 5.41) is 15.3. The van der Waals surface area contributed by atoms with Gasteiger partial charge in [0.2, 0.25) is 9.84 Å². The second-order valence-corrected chi connectivity index (χ2v) is 8.83. The van der Waals surface area contributed by atoms with Gasteiger partial charge in [-0.05, 0) is 23.8 Å². The van der Waals surface area contributed by atoms with E-state index < -0.39 is 15.9 Å². The lowest BCUT2D eigenvalue weighted by molar-refractivity contribution is 0.194. The molecule has 0 aliphatic heterocycles.